The number of urea groups is 1. The Kier molecular flexibility index (Phi) is 5.23. The maximum absolute atomic E-state index is 13.3. The van der Waals surface area contributed by atoms with Crippen LogP contribution < -0.4 is 5.32 Å². The van der Waals surface area contributed by atoms with Crippen molar-refractivity contribution < 1.29 is 23.5 Å². The van der Waals surface area contributed by atoms with Crippen LogP contribution in [0, 0.1) is 11.6 Å². The first-order chi connectivity index (χ1) is 8.90. The van der Waals surface area contributed by atoms with E-state index in [0.717, 1.165) is 12.1 Å². The van der Waals surface area contributed by atoms with Crippen LogP contribution in [0.15, 0.2) is 18.2 Å². The highest BCUT2D eigenvalue weighted by Gasteiger charge is 2.11. The van der Waals surface area contributed by atoms with Gasteiger partial charge in [0, 0.05) is 31.8 Å². The molecule has 1 rings (SSSR count). The number of hydrogen-bond acceptors (Lipinski definition) is 2. The van der Waals surface area contributed by atoms with Gasteiger partial charge in [0.05, 0.1) is 6.42 Å². The molecule has 1 aromatic carbocycles. The molecule has 0 aliphatic rings. The molecule has 0 saturated heterocycles. The summed E-state index contributed by atoms with van der Waals surface area (Å²) < 4.78 is 25.9. The second-order valence-corrected chi connectivity index (χ2v) is 3.96. The van der Waals surface area contributed by atoms with Crippen molar-refractivity contribution in [1.82, 2.24) is 10.2 Å². The van der Waals surface area contributed by atoms with Crippen LogP contribution >= 0.6 is 0 Å². The molecule has 0 radical (unpaired) electrons. The smallest absolute Gasteiger partial charge is 0.317 e. The molecule has 19 heavy (non-hydrogen) atoms. The second-order valence-electron chi connectivity index (χ2n) is 3.96. The third kappa shape index (κ3) is 4.90. The maximum Gasteiger partial charge on any atom is 0.317 e. The first-order valence-electron chi connectivity index (χ1n) is 5.55. The summed E-state index contributed by atoms with van der Waals surface area (Å²) in [6.07, 6.45) is -0.172. The van der Waals surface area contributed by atoms with Gasteiger partial charge < -0.3 is 15.3 Å². The Balaban J connectivity index is 2.47. The van der Waals surface area contributed by atoms with E-state index in [1.54, 1.807) is 0 Å². The van der Waals surface area contributed by atoms with Crippen LogP contribution in [-0.4, -0.2) is 35.6 Å². The Labute approximate surface area is 108 Å². The predicted molar refractivity (Wildman–Crippen MR) is 63.5 cm³/mol. The summed E-state index contributed by atoms with van der Waals surface area (Å²) in [5.41, 5.74) is 0.154. The van der Waals surface area contributed by atoms with Gasteiger partial charge in [-0.25, -0.2) is 13.6 Å². The topological polar surface area (TPSA) is 69.6 Å². The van der Waals surface area contributed by atoms with Crippen molar-refractivity contribution in [2.75, 3.05) is 13.6 Å². The predicted octanol–water partition coefficient (Wildman–Crippen LogP) is 1.58. The van der Waals surface area contributed by atoms with E-state index in [1.165, 1.54) is 18.0 Å². The zero-order chi connectivity index (χ0) is 14.4. The molecule has 0 fully saturated rings. The lowest BCUT2D eigenvalue weighted by Crippen LogP contribution is -2.38. The lowest BCUT2D eigenvalue weighted by atomic mass is 10.2. The van der Waals surface area contributed by atoms with E-state index in [0.29, 0.717) is 0 Å². The zero-order valence-corrected chi connectivity index (χ0v) is 10.3. The van der Waals surface area contributed by atoms with Crippen molar-refractivity contribution in [3.63, 3.8) is 0 Å². The Morgan fingerprint density at radius 1 is 1.37 bits per heavy atom. The van der Waals surface area contributed by atoms with Crippen LogP contribution in [0.3, 0.4) is 0 Å². The van der Waals surface area contributed by atoms with Crippen molar-refractivity contribution in [3.8, 4) is 0 Å². The van der Waals surface area contributed by atoms with Crippen LogP contribution in [0.4, 0.5) is 13.6 Å². The third-order valence-electron chi connectivity index (χ3n) is 2.45. The normalized spacial score (nSPS) is 10.1. The highest BCUT2D eigenvalue weighted by Crippen LogP contribution is 2.09. The third-order valence-corrected chi connectivity index (χ3v) is 2.45. The number of carbonyl (C=O) groups excluding carboxylic acids is 1. The van der Waals surface area contributed by atoms with Crippen molar-refractivity contribution in [3.05, 3.63) is 35.4 Å². The van der Waals surface area contributed by atoms with Gasteiger partial charge in [-0.05, 0) is 6.07 Å². The van der Waals surface area contributed by atoms with Crippen molar-refractivity contribution >= 4 is 12.0 Å². The number of aliphatic carboxylic acids is 1. The summed E-state index contributed by atoms with van der Waals surface area (Å²) in [6, 6.07) is 2.54. The van der Waals surface area contributed by atoms with Gasteiger partial charge in [-0.2, -0.15) is 0 Å². The number of nitrogens with zero attached hydrogens (tertiary/aromatic N) is 1. The summed E-state index contributed by atoms with van der Waals surface area (Å²) >= 11 is 0. The van der Waals surface area contributed by atoms with Crippen LogP contribution in [0.25, 0.3) is 0 Å². The summed E-state index contributed by atoms with van der Waals surface area (Å²) in [5, 5.41) is 10.9. The summed E-state index contributed by atoms with van der Waals surface area (Å²) in [6.45, 7) is -0.0462. The highest BCUT2D eigenvalue weighted by atomic mass is 19.1. The summed E-state index contributed by atoms with van der Waals surface area (Å²) in [5.74, 6) is -2.44. The fraction of sp³-hybridized carbons (Fsp3) is 0.333. The minimum absolute atomic E-state index is 0.0487. The largest absolute Gasteiger partial charge is 0.481 e. The second kappa shape index (κ2) is 6.67. The van der Waals surface area contributed by atoms with Crippen molar-refractivity contribution in [1.29, 1.82) is 0 Å². The molecular weight excluding hydrogens is 258 g/mol. The molecule has 7 heteroatoms. The highest BCUT2D eigenvalue weighted by molar-refractivity contribution is 5.75. The lowest BCUT2D eigenvalue weighted by Gasteiger charge is -2.17. The van der Waals surface area contributed by atoms with Gasteiger partial charge in [0.2, 0.25) is 0 Å². The van der Waals surface area contributed by atoms with Crippen molar-refractivity contribution in [2.24, 2.45) is 0 Å². The monoisotopic (exact) mass is 272 g/mol. The van der Waals surface area contributed by atoms with Crippen molar-refractivity contribution in [2.45, 2.75) is 13.0 Å². The number of nitrogens with one attached hydrogen (secondary N) is 1. The molecule has 0 heterocycles. The molecule has 0 bridgehead atoms. The number of hydrogen-bond donors (Lipinski definition) is 2. The fourth-order valence-electron chi connectivity index (χ4n) is 1.34. The number of amides is 2. The Bertz CT molecular complexity index is 480. The molecule has 0 saturated carbocycles. The van der Waals surface area contributed by atoms with Gasteiger partial charge in [-0.1, -0.05) is 6.07 Å². The Hall–Kier alpha value is -2.18. The first-order valence-corrected chi connectivity index (χ1v) is 5.55. The maximum atomic E-state index is 13.3. The van der Waals surface area contributed by atoms with Crippen LogP contribution in [0.2, 0.25) is 0 Å². The molecule has 0 aliphatic carbocycles. The summed E-state index contributed by atoms with van der Waals surface area (Å²) in [4.78, 5) is 23.0. The van der Waals surface area contributed by atoms with Crippen LogP contribution in [0.1, 0.15) is 12.0 Å². The molecule has 0 atom stereocenters. The van der Waals surface area contributed by atoms with Gasteiger partial charge in [-0.3, -0.25) is 4.79 Å². The number of rotatable bonds is 5. The molecule has 2 amide bonds. The minimum Gasteiger partial charge on any atom is -0.481 e. The number of carbonyl (C=O) groups is 2. The SMILES string of the molecule is CN(CCC(=O)O)C(=O)NCc1ccc(F)cc1F. The van der Waals surface area contributed by atoms with E-state index in [2.05, 4.69) is 5.32 Å². The first kappa shape index (κ1) is 14.9. The van der Waals surface area contributed by atoms with E-state index in [1.807, 2.05) is 0 Å². The minimum atomic E-state index is -1.01. The van der Waals surface area contributed by atoms with Gasteiger partial charge in [0.15, 0.2) is 0 Å². The molecule has 0 unspecified atom stereocenters. The number of halogens is 2. The van der Waals surface area contributed by atoms with Gasteiger partial charge in [0.25, 0.3) is 0 Å². The van der Waals surface area contributed by atoms with Gasteiger partial charge >= 0.3 is 12.0 Å². The van der Waals surface area contributed by atoms with E-state index in [-0.39, 0.29) is 25.1 Å². The molecule has 5 nitrogen and oxygen atoms in total. The average Bonchev–Trinajstić information content (AvgIpc) is 2.34. The van der Waals surface area contributed by atoms with E-state index in [9.17, 15) is 18.4 Å². The fourth-order valence-corrected chi connectivity index (χ4v) is 1.34. The summed E-state index contributed by atoms with van der Waals surface area (Å²) in [7, 11) is 1.43. The molecule has 0 spiro atoms. The Morgan fingerprint density at radius 3 is 2.63 bits per heavy atom. The molecule has 104 valence electrons. The number of benzene rings is 1. The molecule has 0 aliphatic heterocycles. The number of carboxylic acid groups (broad SMARTS) is 1. The molecule has 0 aromatic heterocycles. The van der Waals surface area contributed by atoms with Gasteiger partial charge in [-0.15, -0.1) is 0 Å². The standard InChI is InChI=1S/C12H14F2N2O3/c1-16(5-4-11(17)18)12(19)15-7-8-2-3-9(13)6-10(8)14/h2-3,6H,4-5,7H2,1H3,(H,15,19)(H,17,18). The molecule has 2 N–H and O–H groups in total. The number of carboxylic acids is 1. The zero-order valence-electron chi connectivity index (χ0n) is 10.3. The molecular formula is C12H14F2N2O3. The van der Waals surface area contributed by atoms with E-state index >= 15 is 0 Å². The van der Waals surface area contributed by atoms with Crippen LogP contribution in [-0.2, 0) is 11.3 Å². The van der Waals surface area contributed by atoms with Gasteiger partial charge in [0.1, 0.15) is 11.6 Å². The van der Waals surface area contributed by atoms with E-state index < -0.39 is 23.6 Å². The quantitative estimate of drug-likeness (QED) is 0.855. The Morgan fingerprint density at radius 2 is 2.05 bits per heavy atom. The molecule has 1 aromatic rings. The van der Waals surface area contributed by atoms with Crippen LogP contribution in [0.5, 0.6) is 0 Å². The lowest BCUT2D eigenvalue weighted by molar-refractivity contribution is -0.137. The van der Waals surface area contributed by atoms with E-state index in [4.69, 9.17) is 5.11 Å². The average molecular weight is 272 g/mol.